The van der Waals surface area contributed by atoms with Gasteiger partial charge < -0.3 is 9.64 Å². The van der Waals surface area contributed by atoms with Crippen molar-refractivity contribution in [2.24, 2.45) is 5.92 Å². The van der Waals surface area contributed by atoms with E-state index in [0.717, 1.165) is 30.4 Å². The lowest BCUT2D eigenvalue weighted by Gasteiger charge is -2.15. The number of likely N-dealkylation sites (tertiary alicyclic amines) is 1. The normalized spacial score (nSPS) is 18.6. The van der Waals surface area contributed by atoms with Gasteiger partial charge in [-0.25, -0.2) is 0 Å². The Balaban J connectivity index is 1.77. The number of nitrogens with one attached hydrogen (secondary N) is 1. The largest absolute Gasteiger partial charge is 0.381 e. The van der Waals surface area contributed by atoms with Gasteiger partial charge in [-0.1, -0.05) is 11.6 Å². The van der Waals surface area contributed by atoms with Gasteiger partial charge in [-0.05, 0) is 31.5 Å². The standard InChI is InChI=1S/C15H18ClN3O2/c1-2-21-9-10-5-6-19(8-10)15(20)14-12-7-11(16)3-4-13(12)17-18-14/h3-4,7,10H,2,5-6,8-9H2,1H3,(H,17,18). The van der Waals surface area contributed by atoms with E-state index in [1.54, 1.807) is 12.1 Å². The highest BCUT2D eigenvalue weighted by atomic mass is 35.5. The monoisotopic (exact) mass is 307 g/mol. The van der Waals surface area contributed by atoms with Crippen molar-refractivity contribution < 1.29 is 9.53 Å². The molecule has 0 radical (unpaired) electrons. The summed E-state index contributed by atoms with van der Waals surface area (Å²) in [6, 6.07) is 5.40. The van der Waals surface area contributed by atoms with E-state index in [4.69, 9.17) is 16.3 Å². The first-order valence-corrected chi connectivity index (χ1v) is 7.57. The first kappa shape index (κ1) is 14.4. The molecule has 3 rings (SSSR count). The SMILES string of the molecule is CCOCC1CCN(C(=O)c2n[nH]c3ccc(Cl)cc23)C1. The van der Waals surface area contributed by atoms with Crippen LogP contribution in [0.3, 0.4) is 0 Å². The molecule has 5 nitrogen and oxygen atoms in total. The number of hydrogen-bond acceptors (Lipinski definition) is 3. The molecule has 21 heavy (non-hydrogen) atoms. The maximum Gasteiger partial charge on any atom is 0.275 e. The topological polar surface area (TPSA) is 58.2 Å². The molecule has 6 heteroatoms. The summed E-state index contributed by atoms with van der Waals surface area (Å²) < 4.78 is 5.44. The third-order valence-corrected chi connectivity index (χ3v) is 4.09. The minimum atomic E-state index is -0.0393. The highest BCUT2D eigenvalue weighted by Crippen LogP contribution is 2.24. The Kier molecular flexibility index (Phi) is 4.12. The lowest BCUT2D eigenvalue weighted by molar-refractivity contribution is 0.0759. The van der Waals surface area contributed by atoms with E-state index in [0.29, 0.717) is 29.8 Å². The second-order valence-corrected chi connectivity index (χ2v) is 5.76. The fourth-order valence-corrected chi connectivity index (χ4v) is 2.91. The average Bonchev–Trinajstić information content (AvgIpc) is 3.10. The molecule has 1 atom stereocenters. The number of carbonyl (C=O) groups excluding carboxylic acids is 1. The van der Waals surface area contributed by atoms with Gasteiger partial charge in [-0.15, -0.1) is 0 Å². The molecular formula is C15H18ClN3O2. The molecule has 2 aromatic rings. The van der Waals surface area contributed by atoms with Gasteiger partial charge in [-0.2, -0.15) is 5.10 Å². The van der Waals surface area contributed by atoms with E-state index in [1.165, 1.54) is 0 Å². The molecule has 1 saturated heterocycles. The fourth-order valence-electron chi connectivity index (χ4n) is 2.74. The van der Waals surface area contributed by atoms with Crippen molar-refractivity contribution in [1.82, 2.24) is 15.1 Å². The zero-order valence-corrected chi connectivity index (χ0v) is 12.7. The zero-order valence-electron chi connectivity index (χ0n) is 11.9. The summed E-state index contributed by atoms with van der Waals surface area (Å²) in [4.78, 5) is 14.5. The van der Waals surface area contributed by atoms with Crippen LogP contribution >= 0.6 is 11.6 Å². The molecule has 1 aromatic carbocycles. The molecule has 112 valence electrons. The number of halogens is 1. The molecule has 2 heterocycles. The van der Waals surface area contributed by atoms with Crippen molar-refractivity contribution in [3.8, 4) is 0 Å². The second-order valence-electron chi connectivity index (χ2n) is 5.33. The summed E-state index contributed by atoms with van der Waals surface area (Å²) in [5.41, 5.74) is 1.28. The van der Waals surface area contributed by atoms with Gasteiger partial charge in [-0.3, -0.25) is 9.89 Å². The number of amides is 1. The number of aromatic nitrogens is 2. The van der Waals surface area contributed by atoms with Gasteiger partial charge in [0.25, 0.3) is 5.91 Å². The van der Waals surface area contributed by atoms with Crippen LogP contribution in [0.1, 0.15) is 23.8 Å². The molecule has 1 aliphatic rings. The average molecular weight is 308 g/mol. The predicted molar refractivity (Wildman–Crippen MR) is 81.6 cm³/mol. The van der Waals surface area contributed by atoms with E-state index in [2.05, 4.69) is 10.2 Å². The number of aromatic amines is 1. The molecule has 0 aliphatic carbocycles. The van der Waals surface area contributed by atoms with E-state index < -0.39 is 0 Å². The number of ether oxygens (including phenoxy) is 1. The van der Waals surface area contributed by atoms with Crippen LogP contribution in [-0.2, 0) is 4.74 Å². The summed E-state index contributed by atoms with van der Waals surface area (Å²) in [6.45, 7) is 4.90. The molecular weight excluding hydrogens is 290 g/mol. The number of H-pyrrole nitrogens is 1. The van der Waals surface area contributed by atoms with Crippen LogP contribution in [0.2, 0.25) is 5.02 Å². The molecule has 1 fully saturated rings. The minimum absolute atomic E-state index is 0.0393. The highest BCUT2D eigenvalue weighted by molar-refractivity contribution is 6.31. The van der Waals surface area contributed by atoms with Gasteiger partial charge in [0.05, 0.1) is 12.1 Å². The molecule has 1 unspecified atom stereocenters. The molecule has 0 bridgehead atoms. The first-order valence-electron chi connectivity index (χ1n) is 7.19. The van der Waals surface area contributed by atoms with E-state index in [-0.39, 0.29) is 5.91 Å². The van der Waals surface area contributed by atoms with E-state index in [9.17, 15) is 4.79 Å². The molecule has 0 spiro atoms. The van der Waals surface area contributed by atoms with Crippen LogP contribution in [0.25, 0.3) is 10.9 Å². The maximum absolute atomic E-state index is 12.6. The van der Waals surface area contributed by atoms with E-state index >= 15 is 0 Å². The molecule has 1 aromatic heterocycles. The summed E-state index contributed by atoms with van der Waals surface area (Å²) in [5.74, 6) is 0.380. The number of benzene rings is 1. The van der Waals surface area contributed by atoms with Crippen LogP contribution < -0.4 is 0 Å². The summed E-state index contributed by atoms with van der Waals surface area (Å²) in [5, 5.41) is 8.43. The maximum atomic E-state index is 12.6. The Morgan fingerprint density at radius 1 is 1.57 bits per heavy atom. The van der Waals surface area contributed by atoms with Crippen molar-refractivity contribution in [2.45, 2.75) is 13.3 Å². The van der Waals surface area contributed by atoms with Crippen LogP contribution in [0.5, 0.6) is 0 Å². The fraction of sp³-hybridized carbons (Fsp3) is 0.467. The summed E-state index contributed by atoms with van der Waals surface area (Å²) >= 11 is 6.01. The first-order chi connectivity index (χ1) is 10.2. The third-order valence-electron chi connectivity index (χ3n) is 3.86. The van der Waals surface area contributed by atoms with E-state index in [1.807, 2.05) is 17.9 Å². The Morgan fingerprint density at radius 2 is 2.43 bits per heavy atom. The van der Waals surface area contributed by atoms with Gasteiger partial charge >= 0.3 is 0 Å². The van der Waals surface area contributed by atoms with Gasteiger partial charge in [0.2, 0.25) is 0 Å². The molecule has 0 saturated carbocycles. The quantitative estimate of drug-likeness (QED) is 0.945. The second kappa shape index (κ2) is 6.03. The van der Waals surface area contributed by atoms with Gasteiger partial charge in [0.15, 0.2) is 5.69 Å². The van der Waals surface area contributed by atoms with Crippen molar-refractivity contribution >= 4 is 28.4 Å². The van der Waals surface area contributed by atoms with Crippen LogP contribution in [-0.4, -0.2) is 47.3 Å². The van der Waals surface area contributed by atoms with Crippen LogP contribution in [0.15, 0.2) is 18.2 Å². The zero-order chi connectivity index (χ0) is 14.8. The smallest absolute Gasteiger partial charge is 0.275 e. The number of carbonyl (C=O) groups is 1. The summed E-state index contributed by atoms with van der Waals surface area (Å²) in [6.07, 6.45) is 0.981. The third kappa shape index (κ3) is 2.89. The summed E-state index contributed by atoms with van der Waals surface area (Å²) in [7, 11) is 0. The van der Waals surface area contributed by atoms with Crippen molar-refractivity contribution in [1.29, 1.82) is 0 Å². The Bertz CT molecular complexity index is 655. The Hall–Kier alpha value is -1.59. The Labute approximate surface area is 128 Å². The minimum Gasteiger partial charge on any atom is -0.381 e. The van der Waals surface area contributed by atoms with Crippen molar-refractivity contribution in [3.63, 3.8) is 0 Å². The van der Waals surface area contributed by atoms with Crippen LogP contribution in [0, 0.1) is 5.92 Å². The molecule has 1 aliphatic heterocycles. The number of hydrogen-bond donors (Lipinski definition) is 1. The van der Waals surface area contributed by atoms with Gasteiger partial charge in [0, 0.05) is 36.0 Å². The number of nitrogens with zero attached hydrogens (tertiary/aromatic N) is 2. The molecule has 1 N–H and O–H groups in total. The van der Waals surface area contributed by atoms with Crippen molar-refractivity contribution in [3.05, 3.63) is 28.9 Å². The molecule has 1 amide bonds. The number of rotatable bonds is 4. The lowest BCUT2D eigenvalue weighted by atomic mass is 10.1. The lowest BCUT2D eigenvalue weighted by Crippen LogP contribution is -2.29. The van der Waals surface area contributed by atoms with Crippen molar-refractivity contribution in [2.75, 3.05) is 26.3 Å². The predicted octanol–water partition coefficient (Wildman–Crippen LogP) is 2.71. The highest BCUT2D eigenvalue weighted by Gasteiger charge is 2.29. The van der Waals surface area contributed by atoms with Gasteiger partial charge in [0.1, 0.15) is 0 Å². The van der Waals surface area contributed by atoms with Crippen LogP contribution in [0.4, 0.5) is 0 Å². The Morgan fingerprint density at radius 3 is 3.24 bits per heavy atom. The number of fused-ring (bicyclic) bond motifs is 1.